The molecule has 0 spiro atoms. The predicted octanol–water partition coefficient (Wildman–Crippen LogP) is 2.88. The maximum atomic E-state index is 12.6. The average molecular weight is 360 g/mol. The zero-order valence-electron chi connectivity index (χ0n) is 16.0. The summed E-state index contributed by atoms with van der Waals surface area (Å²) in [4.78, 5) is 26.9. The fraction of sp³-hybridized carbons (Fsp3) is 0.600. The molecule has 2 aliphatic heterocycles. The van der Waals surface area contributed by atoms with Gasteiger partial charge in [0.25, 0.3) is 0 Å². The Balaban J connectivity index is 1.53. The van der Waals surface area contributed by atoms with Crippen molar-refractivity contribution in [3.05, 3.63) is 23.8 Å². The molecule has 3 rings (SSSR count). The third-order valence-corrected chi connectivity index (χ3v) is 5.05. The normalized spacial score (nSPS) is 18.5. The molecule has 0 radical (unpaired) electrons. The Bertz CT molecular complexity index is 688. The van der Waals surface area contributed by atoms with Crippen LogP contribution in [0.15, 0.2) is 18.2 Å². The number of hydrogen-bond acceptors (Lipinski definition) is 4. The van der Waals surface area contributed by atoms with Gasteiger partial charge in [0.05, 0.1) is 6.04 Å². The lowest BCUT2D eigenvalue weighted by molar-refractivity contribution is -0.142. The lowest BCUT2D eigenvalue weighted by atomic mass is 9.90. The minimum absolute atomic E-state index is 0.0459. The summed E-state index contributed by atoms with van der Waals surface area (Å²) in [7, 11) is 0. The molecule has 1 saturated heterocycles. The molecule has 1 fully saturated rings. The number of piperidine rings is 1. The van der Waals surface area contributed by atoms with Gasteiger partial charge in [-0.3, -0.25) is 9.59 Å². The molecule has 2 amide bonds. The van der Waals surface area contributed by atoms with E-state index in [1.807, 2.05) is 50.8 Å². The van der Waals surface area contributed by atoms with Gasteiger partial charge < -0.3 is 19.7 Å². The van der Waals surface area contributed by atoms with Crippen molar-refractivity contribution in [1.82, 2.24) is 10.2 Å². The van der Waals surface area contributed by atoms with E-state index >= 15 is 0 Å². The van der Waals surface area contributed by atoms with Gasteiger partial charge in [0.15, 0.2) is 11.5 Å². The first kappa shape index (κ1) is 18.5. The number of rotatable bonds is 3. The Hall–Kier alpha value is -2.24. The summed E-state index contributed by atoms with van der Waals surface area (Å²) in [5.41, 5.74) is 0.617. The number of nitrogens with one attached hydrogen (secondary N) is 1. The van der Waals surface area contributed by atoms with Gasteiger partial charge in [0.2, 0.25) is 18.6 Å². The molecule has 2 aliphatic rings. The van der Waals surface area contributed by atoms with E-state index in [1.54, 1.807) is 0 Å². The van der Waals surface area contributed by atoms with Crippen molar-refractivity contribution in [2.45, 2.75) is 46.6 Å². The average Bonchev–Trinajstić information content (AvgIpc) is 3.08. The van der Waals surface area contributed by atoms with E-state index in [-0.39, 0.29) is 36.0 Å². The van der Waals surface area contributed by atoms with Crippen LogP contribution in [0.3, 0.4) is 0 Å². The Morgan fingerprint density at radius 3 is 2.46 bits per heavy atom. The van der Waals surface area contributed by atoms with Gasteiger partial charge >= 0.3 is 0 Å². The number of nitrogens with zero attached hydrogens (tertiary/aromatic N) is 1. The maximum absolute atomic E-state index is 12.6. The van der Waals surface area contributed by atoms with Gasteiger partial charge in [-0.1, -0.05) is 26.8 Å². The number of fused-ring (bicyclic) bond motifs is 1. The number of benzene rings is 1. The lowest BCUT2D eigenvalue weighted by Crippen LogP contribution is -2.46. The molecule has 1 atom stereocenters. The van der Waals surface area contributed by atoms with Gasteiger partial charge in [0, 0.05) is 24.4 Å². The van der Waals surface area contributed by atoms with Crippen LogP contribution in [-0.4, -0.2) is 36.6 Å². The van der Waals surface area contributed by atoms with E-state index in [1.165, 1.54) is 0 Å². The molecule has 0 saturated carbocycles. The maximum Gasteiger partial charge on any atom is 0.231 e. The van der Waals surface area contributed by atoms with Crippen LogP contribution in [-0.2, 0) is 9.59 Å². The van der Waals surface area contributed by atoms with Crippen LogP contribution >= 0.6 is 0 Å². The molecule has 6 nitrogen and oxygen atoms in total. The van der Waals surface area contributed by atoms with Gasteiger partial charge in [-0.05, 0) is 37.5 Å². The van der Waals surface area contributed by atoms with Crippen LogP contribution in [0.25, 0.3) is 0 Å². The number of amides is 2. The first-order valence-corrected chi connectivity index (χ1v) is 9.25. The summed E-state index contributed by atoms with van der Waals surface area (Å²) in [5.74, 6) is 1.62. The molecule has 1 aromatic rings. The summed E-state index contributed by atoms with van der Waals surface area (Å²) in [6.45, 7) is 9.29. The van der Waals surface area contributed by atoms with Gasteiger partial charge in [0.1, 0.15) is 0 Å². The van der Waals surface area contributed by atoms with E-state index in [4.69, 9.17) is 9.47 Å². The highest BCUT2D eigenvalue weighted by Gasteiger charge is 2.32. The molecule has 1 unspecified atom stereocenters. The van der Waals surface area contributed by atoms with Crippen LogP contribution in [0.2, 0.25) is 0 Å². The number of likely N-dealkylation sites (tertiary alicyclic amines) is 1. The smallest absolute Gasteiger partial charge is 0.231 e. The summed E-state index contributed by atoms with van der Waals surface area (Å²) in [6, 6.07) is 5.63. The molecule has 0 bridgehead atoms. The summed E-state index contributed by atoms with van der Waals surface area (Å²) in [6.07, 6.45) is 1.42. The number of carbonyl (C=O) groups is 2. The van der Waals surface area contributed by atoms with Crippen LogP contribution < -0.4 is 14.8 Å². The van der Waals surface area contributed by atoms with E-state index in [9.17, 15) is 9.59 Å². The fourth-order valence-electron chi connectivity index (χ4n) is 3.42. The molecule has 6 heteroatoms. The minimum atomic E-state index is -0.372. The second-order valence-corrected chi connectivity index (χ2v) is 8.16. The molecular formula is C20H28N2O4. The molecule has 1 N–H and O–H groups in total. The first-order valence-electron chi connectivity index (χ1n) is 9.25. The monoisotopic (exact) mass is 360 g/mol. The van der Waals surface area contributed by atoms with Crippen molar-refractivity contribution in [2.75, 3.05) is 19.9 Å². The van der Waals surface area contributed by atoms with E-state index in [0.717, 1.165) is 17.1 Å². The number of ether oxygens (including phenoxy) is 2. The Kier molecular flexibility index (Phi) is 5.12. The van der Waals surface area contributed by atoms with Crippen LogP contribution in [0.5, 0.6) is 11.5 Å². The summed E-state index contributed by atoms with van der Waals surface area (Å²) < 4.78 is 10.7. The van der Waals surface area contributed by atoms with Gasteiger partial charge in [-0.25, -0.2) is 0 Å². The quantitative estimate of drug-likeness (QED) is 0.900. The third-order valence-electron chi connectivity index (χ3n) is 5.05. The van der Waals surface area contributed by atoms with Crippen LogP contribution in [0.4, 0.5) is 0 Å². The van der Waals surface area contributed by atoms with Crippen molar-refractivity contribution in [2.24, 2.45) is 11.3 Å². The Morgan fingerprint density at radius 2 is 1.81 bits per heavy atom. The number of carbonyl (C=O) groups excluding carboxylic acids is 2. The highest BCUT2D eigenvalue weighted by molar-refractivity contribution is 5.83. The standard InChI is InChI=1S/C20H28N2O4/c1-13(15-5-6-16-17(11-15)26-12-25-16)21-18(23)14-7-9-22(10-8-14)19(24)20(2,3)4/h5-6,11,13-14H,7-10,12H2,1-4H3,(H,21,23). The van der Waals surface area contributed by atoms with Gasteiger partial charge in [-0.15, -0.1) is 0 Å². The molecule has 1 aromatic carbocycles. The second kappa shape index (κ2) is 7.17. The van der Waals surface area contributed by atoms with E-state index < -0.39 is 0 Å². The van der Waals surface area contributed by atoms with Crippen LogP contribution in [0.1, 0.15) is 52.1 Å². The van der Waals surface area contributed by atoms with Crippen molar-refractivity contribution in [3.8, 4) is 11.5 Å². The largest absolute Gasteiger partial charge is 0.454 e. The minimum Gasteiger partial charge on any atom is -0.454 e. The third kappa shape index (κ3) is 3.94. The Labute approximate surface area is 154 Å². The molecular weight excluding hydrogens is 332 g/mol. The molecule has 0 aromatic heterocycles. The molecule has 26 heavy (non-hydrogen) atoms. The number of hydrogen-bond donors (Lipinski definition) is 1. The van der Waals surface area contributed by atoms with Gasteiger partial charge in [-0.2, -0.15) is 0 Å². The van der Waals surface area contributed by atoms with Crippen molar-refractivity contribution in [3.63, 3.8) is 0 Å². The predicted molar refractivity (Wildman–Crippen MR) is 97.9 cm³/mol. The van der Waals surface area contributed by atoms with Crippen molar-refractivity contribution >= 4 is 11.8 Å². The second-order valence-electron chi connectivity index (χ2n) is 8.16. The zero-order chi connectivity index (χ0) is 18.9. The highest BCUT2D eigenvalue weighted by atomic mass is 16.7. The van der Waals surface area contributed by atoms with Crippen LogP contribution in [0, 0.1) is 11.3 Å². The molecule has 142 valence electrons. The topological polar surface area (TPSA) is 67.9 Å². The summed E-state index contributed by atoms with van der Waals surface area (Å²) >= 11 is 0. The highest BCUT2D eigenvalue weighted by Crippen LogP contribution is 2.34. The van der Waals surface area contributed by atoms with E-state index in [2.05, 4.69) is 5.32 Å². The lowest BCUT2D eigenvalue weighted by Gasteiger charge is -2.35. The first-order chi connectivity index (χ1) is 12.3. The zero-order valence-corrected chi connectivity index (χ0v) is 16.0. The van der Waals surface area contributed by atoms with Crippen molar-refractivity contribution in [1.29, 1.82) is 0 Å². The fourth-order valence-corrected chi connectivity index (χ4v) is 3.42. The summed E-state index contributed by atoms with van der Waals surface area (Å²) in [5, 5.41) is 3.09. The molecule has 0 aliphatic carbocycles. The Morgan fingerprint density at radius 1 is 1.15 bits per heavy atom. The van der Waals surface area contributed by atoms with E-state index in [0.29, 0.717) is 25.9 Å². The molecule has 2 heterocycles. The SMILES string of the molecule is CC(NC(=O)C1CCN(C(=O)C(C)(C)C)CC1)c1ccc2c(c1)OCO2. The van der Waals surface area contributed by atoms with Crippen molar-refractivity contribution < 1.29 is 19.1 Å².